The van der Waals surface area contributed by atoms with E-state index in [2.05, 4.69) is 22.0 Å². The highest BCUT2D eigenvalue weighted by Crippen LogP contribution is 2.28. The molecule has 3 rings (SSSR count). The van der Waals surface area contributed by atoms with Crippen LogP contribution in [0.2, 0.25) is 0 Å². The van der Waals surface area contributed by atoms with Crippen LogP contribution in [0.15, 0.2) is 0 Å². The predicted octanol–water partition coefficient (Wildman–Crippen LogP) is 2.08. The Bertz CT molecular complexity index is 273. The lowest BCUT2D eigenvalue weighted by molar-refractivity contribution is 0.182. The normalized spacial score (nSPS) is 33.9. The molecule has 0 aromatic carbocycles. The van der Waals surface area contributed by atoms with E-state index in [1.807, 2.05) is 0 Å². The predicted molar refractivity (Wildman–Crippen MR) is 80.5 cm³/mol. The monoisotopic (exact) mass is 265 g/mol. The van der Waals surface area contributed by atoms with Crippen LogP contribution in [-0.4, -0.2) is 60.6 Å². The van der Waals surface area contributed by atoms with E-state index in [9.17, 15) is 0 Å². The molecule has 3 heterocycles. The minimum absolute atomic E-state index is 0.795. The van der Waals surface area contributed by atoms with Crippen LogP contribution in [0.25, 0.3) is 0 Å². The zero-order chi connectivity index (χ0) is 13.1. The largest absolute Gasteiger partial charge is 0.310 e. The number of hydrogen-bond donors (Lipinski definition) is 1. The van der Waals surface area contributed by atoms with Gasteiger partial charge in [-0.2, -0.15) is 0 Å². The molecule has 3 saturated heterocycles. The number of nitrogens with one attached hydrogen (secondary N) is 1. The third-order valence-corrected chi connectivity index (χ3v) is 5.47. The van der Waals surface area contributed by atoms with Crippen molar-refractivity contribution in [2.75, 3.05) is 32.7 Å². The second-order valence-electron chi connectivity index (χ2n) is 6.78. The summed E-state index contributed by atoms with van der Waals surface area (Å²) in [5.41, 5.74) is 0. The molecule has 3 heteroatoms. The topological polar surface area (TPSA) is 18.5 Å². The Morgan fingerprint density at radius 3 is 2.63 bits per heavy atom. The van der Waals surface area contributed by atoms with Gasteiger partial charge in [-0.1, -0.05) is 13.3 Å². The Morgan fingerprint density at radius 1 is 1.00 bits per heavy atom. The van der Waals surface area contributed by atoms with Crippen molar-refractivity contribution in [1.82, 2.24) is 15.1 Å². The molecule has 19 heavy (non-hydrogen) atoms. The fourth-order valence-electron chi connectivity index (χ4n) is 4.28. The molecule has 3 aliphatic rings. The summed E-state index contributed by atoms with van der Waals surface area (Å²) in [6.45, 7) is 8.96. The van der Waals surface area contributed by atoms with Crippen molar-refractivity contribution in [2.24, 2.45) is 0 Å². The number of fused-ring (bicyclic) bond motifs is 1. The summed E-state index contributed by atoms with van der Waals surface area (Å²) in [4.78, 5) is 5.38. The molecule has 0 spiro atoms. The Kier molecular flexibility index (Phi) is 4.78. The summed E-state index contributed by atoms with van der Waals surface area (Å²) in [6.07, 6.45) is 9.70. The lowest BCUT2D eigenvalue weighted by atomic mass is 10.00. The minimum Gasteiger partial charge on any atom is -0.310 e. The van der Waals surface area contributed by atoms with Gasteiger partial charge in [-0.05, 0) is 64.7 Å². The smallest absolute Gasteiger partial charge is 0.0250 e. The quantitative estimate of drug-likeness (QED) is 0.821. The van der Waals surface area contributed by atoms with E-state index in [-0.39, 0.29) is 0 Å². The molecular formula is C16H31N3. The standard InChI is InChI=1S/C16H31N3/c1-2-3-9-18-11-6-14(7-12-18)17-15-8-13-19-10-4-5-16(15)19/h14-17H,2-13H2,1H3. The Morgan fingerprint density at radius 2 is 1.84 bits per heavy atom. The van der Waals surface area contributed by atoms with Crippen LogP contribution in [0.4, 0.5) is 0 Å². The molecule has 2 atom stereocenters. The second kappa shape index (κ2) is 6.55. The van der Waals surface area contributed by atoms with E-state index in [1.165, 1.54) is 77.7 Å². The van der Waals surface area contributed by atoms with Crippen molar-refractivity contribution >= 4 is 0 Å². The molecule has 110 valence electrons. The first kappa shape index (κ1) is 13.8. The number of rotatable bonds is 5. The third-order valence-electron chi connectivity index (χ3n) is 5.47. The van der Waals surface area contributed by atoms with Gasteiger partial charge in [0.2, 0.25) is 0 Å². The summed E-state index contributed by atoms with van der Waals surface area (Å²) >= 11 is 0. The van der Waals surface area contributed by atoms with Gasteiger partial charge in [0.05, 0.1) is 0 Å². The fourth-order valence-corrected chi connectivity index (χ4v) is 4.28. The molecule has 3 nitrogen and oxygen atoms in total. The molecular weight excluding hydrogens is 234 g/mol. The van der Waals surface area contributed by atoms with Crippen LogP contribution in [0, 0.1) is 0 Å². The van der Waals surface area contributed by atoms with Crippen LogP contribution in [0.1, 0.15) is 51.9 Å². The van der Waals surface area contributed by atoms with Gasteiger partial charge in [0.15, 0.2) is 0 Å². The van der Waals surface area contributed by atoms with Gasteiger partial charge in [-0.3, -0.25) is 4.90 Å². The van der Waals surface area contributed by atoms with E-state index >= 15 is 0 Å². The van der Waals surface area contributed by atoms with Gasteiger partial charge in [0.25, 0.3) is 0 Å². The zero-order valence-electron chi connectivity index (χ0n) is 12.6. The summed E-state index contributed by atoms with van der Waals surface area (Å²) in [5.74, 6) is 0. The first-order valence-electron chi connectivity index (χ1n) is 8.59. The van der Waals surface area contributed by atoms with Gasteiger partial charge in [-0.25, -0.2) is 0 Å². The van der Waals surface area contributed by atoms with Gasteiger partial charge in [0, 0.05) is 24.7 Å². The highest BCUT2D eigenvalue weighted by molar-refractivity contribution is 4.97. The maximum absolute atomic E-state index is 4.00. The van der Waals surface area contributed by atoms with E-state index in [0.717, 1.165) is 18.1 Å². The van der Waals surface area contributed by atoms with Gasteiger partial charge in [-0.15, -0.1) is 0 Å². The molecule has 0 amide bonds. The van der Waals surface area contributed by atoms with E-state index in [1.54, 1.807) is 0 Å². The van der Waals surface area contributed by atoms with E-state index < -0.39 is 0 Å². The van der Waals surface area contributed by atoms with Crippen LogP contribution in [-0.2, 0) is 0 Å². The number of unbranched alkanes of at least 4 members (excludes halogenated alkanes) is 1. The van der Waals surface area contributed by atoms with Crippen LogP contribution < -0.4 is 5.32 Å². The minimum atomic E-state index is 0.795. The van der Waals surface area contributed by atoms with E-state index in [4.69, 9.17) is 0 Å². The van der Waals surface area contributed by atoms with Crippen molar-refractivity contribution in [3.63, 3.8) is 0 Å². The van der Waals surface area contributed by atoms with Gasteiger partial charge >= 0.3 is 0 Å². The summed E-state index contributed by atoms with van der Waals surface area (Å²) in [6, 6.07) is 2.47. The first-order chi connectivity index (χ1) is 9.36. The zero-order valence-corrected chi connectivity index (χ0v) is 12.6. The average Bonchev–Trinajstić information content (AvgIpc) is 3.03. The summed E-state index contributed by atoms with van der Waals surface area (Å²) in [5, 5.41) is 4.00. The molecule has 0 aliphatic carbocycles. The Balaban J connectivity index is 1.40. The fraction of sp³-hybridized carbons (Fsp3) is 1.00. The highest BCUT2D eigenvalue weighted by Gasteiger charge is 2.38. The molecule has 0 aromatic heterocycles. The van der Waals surface area contributed by atoms with Crippen molar-refractivity contribution in [3.05, 3.63) is 0 Å². The molecule has 0 saturated carbocycles. The van der Waals surface area contributed by atoms with Crippen LogP contribution >= 0.6 is 0 Å². The molecule has 3 fully saturated rings. The van der Waals surface area contributed by atoms with Crippen molar-refractivity contribution < 1.29 is 0 Å². The number of piperidine rings is 1. The molecule has 3 aliphatic heterocycles. The molecule has 0 bridgehead atoms. The maximum Gasteiger partial charge on any atom is 0.0250 e. The van der Waals surface area contributed by atoms with Crippen molar-refractivity contribution in [3.8, 4) is 0 Å². The van der Waals surface area contributed by atoms with Crippen LogP contribution in [0.5, 0.6) is 0 Å². The molecule has 0 aromatic rings. The Labute approximate surface area is 118 Å². The average molecular weight is 265 g/mol. The van der Waals surface area contributed by atoms with Gasteiger partial charge in [0.1, 0.15) is 0 Å². The highest BCUT2D eigenvalue weighted by atomic mass is 15.2. The van der Waals surface area contributed by atoms with Crippen molar-refractivity contribution in [2.45, 2.75) is 70.0 Å². The lowest BCUT2D eigenvalue weighted by Crippen LogP contribution is -2.49. The summed E-state index contributed by atoms with van der Waals surface area (Å²) < 4.78 is 0. The summed E-state index contributed by atoms with van der Waals surface area (Å²) in [7, 11) is 0. The molecule has 0 radical (unpaired) electrons. The Hall–Kier alpha value is -0.120. The number of hydrogen-bond acceptors (Lipinski definition) is 3. The van der Waals surface area contributed by atoms with Crippen molar-refractivity contribution in [1.29, 1.82) is 0 Å². The first-order valence-corrected chi connectivity index (χ1v) is 8.59. The molecule has 1 N–H and O–H groups in total. The third kappa shape index (κ3) is 3.32. The molecule has 2 unspecified atom stereocenters. The number of likely N-dealkylation sites (tertiary alicyclic amines) is 1. The van der Waals surface area contributed by atoms with Gasteiger partial charge < -0.3 is 10.2 Å². The number of nitrogens with zero attached hydrogens (tertiary/aromatic N) is 2. The van der Waals surface area contributed by atoms with E-state index in [0.29, 0.717) is 0 Å². The SMILES string of the molecule is CCCCN1CCC(NC2CCN3CCCC23)CC1. The van der Waals surface area contributed by atoms with Crippen LogP contribution in [0.3, 0.4) is 0 Å². The maximum atomic E-state index is 4.00. The second-order valence-corrected chi connectivity index (χ2v) is 6.78. The lowest BCUT2D eigenvalue weighted by Gasteiger charge is -2.35.